The van der Waals surface area contributed by atoms with Gasteiger partial charge in [0.2, 0.25) is 0 Å². The fourth-order valence-corrected chi connectivity index (χ4v) is 2.51. The van der Waals surface area contributed by atoms with Crippen molar-refractivity contribution in [2.45, 2.75) is 0 Å². The van der Waals surface area contributed by atoms with Crippen LogP contribution in [0.3, 0.4) is 0 Å². The van der Waals surface area contributed by atoms with Crippen molar-refractivity contribution in [3.05, 3.63) is 52.0 Å². The summed E-state index contributed by atoms with van der Waals surface area (Å²) >= 11 is 12.0. The molecule has 21 heavy (non-hydrogen) atoms. The number of amides is 1. The first-order valence-corrected chi connectivity index (χ1v) is 6.88. The number of nitrogens with one attached hydrogen (secondary N) is 1. The highest BCUT2D eigenvalue weighted by atomic mass is 35.5. The van der Waals surface area contributed by atoms with E-state index in [4.69, 9.17) is 27.9 Å². The number of carbonyl (C=O) groups excluding carboxylic acids is 1. The number of benzene rings is 2. The molecule has 106 valence electrons. The summed E-state index contributed by atoms with van der Waals surface area (Å²) in [6.07, 6.45) is 0. The Bertz CT molecular complexity index is 772. The van der Waals surface area contributed by atoms with Gasteiger partial charge in [0.15, 0.2) is 0 Å². The van der Waals surface area contributed by atoms with Crippen LogP contribution in [0.1, 0.15) is 5.56 Å². The lowest BCUT2D eigenvalue weighted by Gasteiger charge is -2.05. The van der Waals surface area contributed by atoms with E-state index in [1.807, 2.05) is 0 Å². The van der Waals surface area contributed by atoms with Crippen molar-refractivity contribution in [3.8, 4) is 5.75 Å². The van der Waals surface area contributed by atoms with Crippen molar-refractivity contribution in [1.82, 2.24) is 0 Å². The standard InChI is InChI=1S/C15H10Cl2N2O2/c1-21-12-6-5-8(16)7-11(12)18-14-9-3-2-4-10(17)13(9)19-15(14)20/h2-7H,1H3,(H,18,19,20). The van der Waals surface area contributed by atoms with E-state index < -0.39 is 0 Å². The Morgan fingerprint density at radius 3 is 2.76 bits per heavy atom. The number of fused-ring (bicyclic) bond motifs is 1. The predicted molar refractivity (Wildman–Crippen MR) is 84.3 cm³/mol. The van der Waals surface area contributed by atoms with Gasteiger partial charge >= 0.3 is 0 Å². The lowest BCUT2D eigenvalue weighted by molar-refractivity contribution is -0.110. The molecule has 0 atom stereocenters. The van der Waals surface area contributed by atoms with Crippen molar-refractivity contribution in [3.63, 3.8) is 0 Å². The smallest absolute Gasteiger partial charge is 0.275 e. The van der Waals surface area contributed by atoms with E-state index in [9.17, 15) is 4.79 Å². The fraction of sp³-hybridized carbons (Fsp3) is 0.0667. The summed E-state index contributed by atoms with van der Waals surface area (Å²) in [7, 11) is 1.53. The van der Waals surface area contributed by atoms with Crippen LogP contribution in [0.5, 0.6) is 5.75 Å². The average Bonchev–Trinajstić information content (AvgIpc) is 2.78. The number of para-hydroxylation sites is 1. The maximum absolute atomic E-state index is 12.1. The van der Waals surface area contributed by atoms with Gasteiger partial charge in [-0.3, -0.25) is 4.79 Å². The zero-order chi connectivity index (χ0) is 15.0. The van der Waals surface area contributed by atoms with Gasteiger partial charge in [0, 0.05) is 10.6 Å². The van der Waals surface area contributed by atoms with Crippen LogP contribution < -0.4 is 10.1 Å². The Labute approximate surface area is 131 Å². The highest BCUT2D eigenvalue weighted by molar-refractivity contribution is 6.55. The normalized spacial score (nSPS) is 15.0. The second-order valence-corrected chi connectivity index (χ2v) is 5.24. The minimum absolute atomic E-state index is 0.285. The Kier molecular flexibility index (Phi) is 3.57. The molecule has 0 saturated heterocycles. The number of anilines is 1. The number of halogens is 2. The van der Waals surface area contributed by atoms with Crippen LogP contribution >= 0.6 is 23.2 Å². The Balaban J connectivity index is 2.16. The van der Waals surface area contributed by atoms with Gasteiger partial charge in [0.1, 0.15) is 17.1 Å². The predicted octanol–water partition coefficient (Wildman–Crippen LogP) is 4.07. The van der Waals surface area contributed by atoms with Crippen LogP contribution in [0.4, 0.5) is 11.4 Å². The summed E-state index contributed by atoms with van der Waals surface area (Å²) in [5.41, 5.74) is 2.01. The number of rotatable bonds is 2. The zero-order valence-corrected chi connectivity index (χ0v) is 12.5. The molecule has 2 aromatic carbocycles. The van der Waals surface area contributed by atoms with E-state index in [2.05, 4.69) is 10.3 Å². The molecule has 0 saturated carbocycles. The van der Waals surface area contributed by atoms with Gasteiger partial charge in [-0.25, -0.2) is 4.99 Å². The molecule has 0 radical (unpaired) electrons. The molecular formula is C15H10Cl2N2O2. The summed E-state index contributed by atoms with van der Waals surface area (Å²) in [6, 6.07) is 10.3. The molecule has 1 aliphatic heterocycles. The number of hydrogen-bond acceptors (Lipinski definition) is 3. The molecule has 0 bridgehead atoms. The molecule has 0 aliphatic carbocycles. The molecular weight excluding hydrogens is 311 g/mol. The quantitative estimate of drug-likeness (QED) is 0.906. The summed E-state index contributed by atoms with van der Waals surface area (Å²) in [5, 5.41) is 3.70. The third-order valence-electron chi connectivity index (χ3n) is 3.10. The zero-order valence-electron chi connectivity index (χ0n) is 11.0. The first-order valence-electron chi connectivity index (χ1n) is 6.12. The van der Waals surface area contributed by atoms with Gasteiger partial charge < -0.3 is 10.1 Å². The van der Waals surface area contributed by atoms with Crippen molar-refractivity contribution < 1.29 is 9.53 Å². The third kappa shape index (κ3) is 2.48. The highest BCUT2D eigenvalue weighted by Gasteiger charge is 2.28. The molecule has 2 aromatic rings. The lowest BCUT2D eigenvalue weighted by Crippen LogP contribution is -2.14. The number of hydrogen-bond donors (Lipinski definition) is 1. The maximum atomic E-state index is 12.1. The molecule has 1 amide bonds. The Morgan fingerprint density at radius 2 is 2.00 bits per heavy atom. The van der Waals surface area contributed by atoms with Crippen LogP contribution in [0.15, 0.2) is 41.4 Å². The van der Waals surface area contributed by atoms with E-state index >= 15 is 0 Å². The van der Waals surface area contributed by atoms with E-state index in [1.165, 1.54) is 7.11 Å². The van der Waals surface area contributed by atoms with Crippen LogP contribution in [-0.2, 0) is 4.79 Å². The minimum atomic E-state index is -0.305. The van der Waals surface area contributed by atoms with Gasteiger partial charge in [-0.15, -0.1) is 0 Å². The van der Waals surface area contributed by atoms with Crippen LogP contribution in [-0.4, -0.2) is 18.7 Å². The number of methoxy groups -OCH3 is 1. The van der Waals surface area contributed by atoms with Crippen LogP contribution in [0.2, 0.25) is 10.0 Å². The van der Waals surface area contributed by atoms with E-state index in [0.29, 0.717) is 32.7 Å². The second kappa shape index (κ2) is 5.39. The molecule has 6 heteroatoms. The molecule has 0 unspecified atom stereocenters. The molecule has 1 N–H and O–H groups in total. The average molecular weight is 321 g/mol. The number of ether oxygens (including phenoxy) is 1. The van der Waals surface area contributed by atoms with Crippen molar-refractivity contribution in [2.24, 2.45) is 4.99 Å². The Morgan fingerprint density at radius 1 is 1.19 bits per heavy atom. The molecule has 0 fully saturated rings. The molecule has 3 rings (SSSR count). The fourth-order valence-electron chi connectivity index (χ4n) is 2.13. The van der Waals surface area contributed by atoms with Gasteiger partial charge in [0.25, 0.3) is 5.91 Å². The first-order chi connectivity index (χ1) is 10.1. The van der Waals surface area contributed by atoms with Crippen molar-refractivity contribution >= 4 is 46.2 Å². The van der Waals surface area contributed by atoms with Gasteiger partial charge in [-0.2, -0.15) is 0 Å². The minimum Gasteiger partial charge on any atom is -0.494 e. The van der Waals surface area contributed by atoms with E-state index in [0.717, 1.165) is 0 Å². The monoisotopic (exact) mass is 320 g/mol. The topological polar surface area (TPSA) is 50.7 Å². The van der Waals surface area contributed by atoms with Crippen molar-refractivity contribution in [2.75, 3.05) is 12.4 Å². The van der Waals surface area contributed by atoms with Crippen molar-refractivity contribution in [1.29, 1.82) is 0 Å². The Hall–Kier alpha value is -2.04. The summed E-state index contributed by atoms with van der Waals surface area (Å²) in [5.74, 6) is 0.232. The highest BCUT2D eigenvalue weighted by Crippen LogP contribution is 2.35. The number of nitrogens with zero attached hydrogens (tertiary/aromatic N) is 1. The molecule has 0 spiro atoms. The third-order valence-corrected chi connectivity index (χ3v) is 3.65. The van der Waals surface area contributed by atoms with Gasteiger partial charge in [-0.1, -0.05) is 35.3 Å². The molecule has 1 heterocycles. The van der Waals surface area contributed by atoms with Crippen LogP contribution in [0, 0.1) is 0 Å². The summed E-state index contributed by atoms with van der Waals surface area (Å²) in [4.78, 5) is 16.5. The SMILES string of the molecule is COc1ccc(Cl)cc1N=C1C(=O)Nc2c(Cl)cccc21. The lowest BCUT2D eigenvalue weighted by atomic mass is 10.1. The number of aliphatic imine (C=N–C) groups is 1. The van der Waals surface area contributed by atoms with Gasteiger partial charge in [-0.05, 0) is 24.3 Å². The molecule has 4 nitrogen and oxygen atoms in total. The van der Waals surface area contributed by atoms with Gasteiger partial charge in [0.05, 0.1) is 17.8 Å². The second-order valence-electron chi connectivity index (χ2n) is 4.39. The largest absolute Gasteiger partial charge is 0.494 e. The summed E-state index contributed by atoms with van der Waals surface area (Å²) in [6.45, 7) is 0. The van der Waals surface area contributed by atoms with E-state index in [-0.39, 0.29) is 11.6 Å². The first kappa shape index (κ1) is 13.9. The molecule has 1 aliphatic rings. The van der Waals surface area contributed by atoms with Crippen LogP contribution in [0.25, 0.3) is 0 Å². The maximum Gasteiger partial charge on any atom is 0.275 e. The summed E-state index contributed by atoms with van der Waals surface area (Å²) < 4.78 is 5.23. The molecule has 0 aromatic heterocycles. The van der Waals surface area contributed by atoms with E-state index in [1.54, 1.807) is 36.4 Å². The number of carbonyl (C=O) groups is 1.